The summed E-state index contributed by atoms with van der Waals surface area (Å²) in [5.74, 6) is 0.0946. The number of methoxy groups -OCH3 is 1. The van der Waals surface area contributed by atoms with Crippen molar-refractivity contribution in [3.8, 4) is 5.75 Å². The molecule has 2 saturated heterocycles. The molecule has 2 aliphatic heterocycles. The van der Waals surface area contributed by atoms with E-state index in [0.717, 1.165) is 13.1 Å². The molecule has 0 bridgehead atoms. The Kier molecular flexibility index (Phi) is 6.59. The van der Waals surface area contributed by atoms with Gasteiger partial charge in [0, 0.05) is 50.9 Å². The van der Waals surface area contributed by atoms with Gasteiger partial charge in [0.05, 0.1) is 20.3 Å². The number of sulfonamides is 1. The molecule has 0 unspecified atom stereocenters. The molecule has 1 aromatic carbocycles. The molecule has 0 N–H and O–H groups in total. The molecule has 156 valence electrons. The summed E-state index contributed by atoms with van der Waals surface area (Å²) in [6.45, 7) is 8.50. The standard InChI is InChI=1S/C19H29N3O5S/c1-15(2)20-6-8-21(9-7-20)19(23)16-4-5-17(26-3)18(14-16)28(24,25)22-10-12-27-13-11-22/h4-5,14-15H,6-13H2,1-3H3. The van der Waals surface area contributed by atoms with Crippen LogP contribution in [0.5, 0.6) is 5.75 Å². The zero-order valence-electron chi connectivity index (χ0n) is 16.8. The predicted molar refractivity (Wildman–Crippen MR) is 105 cm³/mol. The lowest BCUT2D eigenvalue weighted by Gasteiger charge is -2.37. The largest absolute Gasteiger partial charge is 0.495 e. The number of carbonyl (C=O) groups excluding carboxylic acids is 1. The van der Waals surface area contributed by atoms with Crippen LogP contribution in [0.25, 0.3) is 0 Å². The molecule has 0 saturated carbocycles. The van der Waals surface area contributed by atoms with Gasteiger partial charge >= 0.3 is 0 Å². The van der Waals surface area contributed by atoms with Crippen LogP contribution in [-0.2, 0) is 14.8 Å². The Balaban J connectivity index is 1.84. The first-order chi connectivity index (χ1) is 13.3. The van der Waals surface area contributed by atoms with E-state index in [2.05, 4.69) is 18.7 Å². The Bertz CT molecular complexity index is 798. The number of rotatable bonds is 5. The smallest absolute Gasteiger partial charge is 0.253 e. The minimum absolute atomic E-state index is 0.0311. The van der Waals surface area contributed by atoms with Crippen LogP contribution in [0.2, 0.25) is 0 Å². The minimum atomic E-state index is -3.76. The first-order valence-electron chi connectivity index (χ1n) is 9.64. The first-order valence-corrected chi connectivity index (χ1v) is 11.1. The summed E-state index contributed by atoms with van der Waals surface area (Å²) in [5, 5.41) is 0. The van der Waals surface area contributed by atoms with Crippen LogP contribution in [0, 0.1) is 0 Å². The molecule has 0 atom stereocenters. The van der Waals surface area contributed by atoms with E-state index in [0.29, 0.717) is 51.0 Å². The third-order valence-corrected chi connectivity index (χ3v) is 7.25. The Morgan fingerprint density at radius 3 is 2.29 bits per heavy atom. The van der Waals surface area contributed by atoms with E-state index < -0.39 is 10.0 Å². The molecule has 8 nitrogen and oxygen atoms in total. The van der Waals surface area contributed by atoms with E-state index in [-0.39, 0.29) is 16.6 Å². The predicted octanol–water partition coefficient (Wildman–Crippen LogP) is 0.882. The van der Waals surface area contributed by atoms with Crippen molar-refractivity contribution in [1.82, 2.24) is 14.1 Å². The van der Waals surface area contributed by atoms with Gasteiger partial charge in [0.1, 0.15) is 10.6 Å². The van der Waals surface area contributed by atoms with Crippen LogP contribution in [0.3, 0.4) is 0 Å². The highest BCUT2D eigenvalue weighted by Crippen LogP contribution is 2.29. The van der Waals surface area contributed by atoms with Crippen LogP contribution >= 0.6 is 0 Å². The first kappa shape index (κ1) is 21.0. The summed E-state index contributed by atoms with van der Waals surface area (Å²) in [6, 6.07) is 5.09. The van der Waals surface area contributed by atoms with Crippen molar-refractivity contribution in [2.24, 2.45) is 0 Å². The molecule has 1 amide bonds. The van der Waals surface area contributed by atoms with E-state index >= 15 is 0 Å². The van der Waals surface area contributed by atoms with E-state index in [1.165, 1.54) is 17.5 Å². The van der Waals surface area contributed by atoms with Gasteiger partial charge in [0.25, 0.3) is 5.91 Å². The number of carbonyl (C=O) groups is 1. The summed E-state index contributed by atoms with van der Waals surface area (Å²) in [6.07, 6.45) is 0. The molecule has 0 spiro atoms. The lowest BCUT2D eigenvalue weighted by Crippen LogP contribution is -2.50. The van der Waals surface area contributed by atoms with Crippen molar-refractivity contribution in [2.75, 3.05) is 59.6 Å². The second kappa shape index (κ2) is 8.77. The molecule has 1 aromatic rings. The minimum Gasteiger partial charge on any atom is -0.495 e. The monoisotopic (exact) mass is 411 g/mol. The molecule has 0 aromatic heterocycles. The fourth-order valence-corrected chi connectivity index (χ4v) is 5.15. The number of piperazine rings is 1. The maximum atomic E-state index is 13.1. The third-order valence-electron chi connectivity index (χ3n) is 5.33. The topological polar surface area (TPSA) is 79.4 Å². The van der Waals surface area contributed by atoms with Crippen LogP contribution in [0.1, 0.15) is 24.2 Å². The van der Waals surface area contributed by atoms with Gasteiger partial charge in [-0.05, 0) is 32.0 Å². The number of amides is 1. The Morgan fingerprint density at radius 2 is 1.71 bits per heavy atom. The van der Waals surface area contributed by atoms with Crippen LogP contribution in [0.4, 0.5) is 0 Å². The number of hydrogen-bond donors (Lipinski definition) is 0. The van der Waals surface area contributed by atoms with Gasteiger partial charge in [0.2, 0.25) is 10.0 Å². The Morgan fingerprint density at radius 1 is 1.07 bits per heavy atom. The van der Waals surface area contributed by atoms with Gasteiger partial charge in [-0.3, -0.25) is 9.69 Å². The van der Waals surface area contributed by atoms with Gasteiger partial charge in [-0.2, -0.15) is 4.31 Å². The molecule has 0 radical (unpaired) electrons. The summed E-state index contributed by atoms with van der Waals surface area (Å²) in [7, 11) is -2.33. The highest BCUT2D eigenvalue weighted by atomic mass is 32.2. The van der Waals surface area contributed by atoms with Crippen molar-refractivity contribution in [3.05, 3.63) is 23.8 Å². The zero-order valence-corrected chi connectivity index (χ0v) is 17.6. The number of ether oxygens (including phenoxy) is 2. The molecule has 9 heteroatoms. The average Bonchev–Trinajstić information content (AvgIpc) is 2.73. The van der Waals surface area contributed by atoms with Crippen molar-refractivity contribution in [3.63, 3.8) is 0 Å². The van der Waals surface area contributed by atoms with Crippen molar-refractivity contribution in [2.45, 2.75) is 24.8 Å². The second-order valence-corrected chi connectivity index (χ2v) is 9.21. The average molecular weight is 412 g/mol. The zero-order chi connectivity index (χ0) is 20.3. The van der Waals surface area contributed by atoms with Gasteiger partial charge in [-0.25, -0.2) is 8.42 Å². The maximum Gasteiger partial charge on any atom is 0.253 e. The fourth-order valence-electron chi connectivity index (χ4n) is 3.56. The number of morpholine rings is 1. The van der Waals surface area contributed by atoms with E-state index in [1.807, 2.05) is 0 Å². The fraction of sp³-hybridized carbons (Fsp3) is 0.632. The van der Waals surface area contributed by atoms with Crippen LogP contribution in [0.15, 0.2) is 23.1 Å². The molecular formula is C19H29N3O5S. The van der Waals surface area contributed by atoms with Gasteiger partial charge in [-0.15, -0.1) is 0 Å². The lowest BCUT2D eigenvalue weighted by atomic mass is 10.1. The summed E-state index contributed by atoms with van der Waals surface area (Å²) >= 11 is 0. The van der Waals surface area contributed by atoms with Gasteiger partial charge < -0.3 is 14.4 Å². The van der Waals surface area contributed by atoms with Crippen molar-refractivity contribution in [1.29, 1.82) is 0 Å². The highest BCUT2D eigenvalue weighted by Gasteiger charge is 2.31. The van der Waals surface area contributed by atoms with Crippen LogP contribution < -0.4 is 4.74 Å². The Labute approximate surface area is 167 Å². The van der Waals surface area contributed by atoms with Crippen molar-refractivity contribution < 1.29 is 22.7 Å². The quantitative estimate of drug-likeness (QED) is 0.716. The van der Waals surface area contributed by atoms with E-state index in [4.69, 9.17) is 9.47 Å². The lowest BCUT2D eigenvalue weighted by molar-refractivity contribution is 0.0595. The van der Waals surface area contributed by atoms with E-state index in [1.54, 1.807) is 17.0 Å². The molecular weight excluding hydrogens is 382 g/mol. The summed E-state index contributed by atoms with van der Waals surface area (Å²) in [5.41, 5.74) is 0.366. The number of nitrogens with zero attached hydrogens (tertiary/aromatic N) is 3. The molecule has 0 aliphatic carbocycles. The number of hydrogen-bond acceptors (Lipinski definition) is 6. The van der Waals surface area contributed by atoms with Crippen molar-refractivity contribution >= 4 is 15.9 Å². The molecule has 2 aliphatic rings. The highest BCUT2D eigenvalue weighted by molar-refractivity contribution is 7.89. The van der Waals surface area contributed by atoms with Gasteiger partial charge in [0.15, 0.2) is 0 Å². The third kappa shape index (κ3) is 4.32. The molecule has 3 rings (SSSR count). The summed E-state index contributed by atoms with van der Waals surface area (Å²) in [4.78, 5) is 17.1. The van der Waals surface area contributed by atoms with E-state index in [9.17, 15) is 13.2 Å². The molecule has 2 fully saturated rings. The maximum absolute atomic E-state index is 13.1. The normalized spacial score (nSPS) is 19.8. The molecule has 28 heavy (non-hydrogen) atoms. The number of benzene rings is 1. The molecule has 2 heterocycles. The SMILES string of the molecule is COc1ccc(C(=O)N2CCN(C(C)C)CC2)cc1S(=O)(=O)N1CCOCC1. The Hall–Kier alpha value is -1.68. The van der Waals surface area contributed by atoms with Gasteiger partial charge in [-0.1, -0.05) is 0 Å². The van der Waals surface area contributed by atoms with Crippen LogP contribution in [-0.4, -0.2) is 94.1 Å². The summed E-state index contributed by atoms with van der Waals surface area (Å²) < 4.78 is 38.1. The second-order valence-electron chi connectivity index (χ2n) is 7.30.